The van der Waals surface area contributed by atoms with Crippen LogP contribution in [0.15, 0.2) is 53.0 Å². The fraction of sp³-hybridized carbons (Fsp3) is 0. The van der Waals surface area contributed by atoms with Crippen LogP contribution < -0.4 is 5.14 Å². The van der Waals surface area contributed by atoms with Crippen molar-refractivity contribution in [3.8, 4) is 21.0 Å². The summed E-state index contributed by atoms with van der Waals surface area (Å²) in [7, 11) is -3.79. The van der Waals surface area contributed by atoms with Crippen molar-refractivity contribution in [1.82, 2.24) is 14.6 Å². The standard InChI is InChI=1S/C14H10N4O2S3/c15-23(19,20)14-17-18-8-10(16-13(18)22-14)12-7-6-11(21-12)9-4-2-1-3-5-9/h1-8H,(H2,15,19,20). The Morgan fingerprint density at radius 3 is 2.43 bits per heavy atom. The molecule has 3 heterocycles. The van der Waals surface area contributed by atoms with Crippen LogP contribution in [0.1, 0.15) is 0 Å². The van der Waals surface area contributed by atoms with Gasteiger partial charge in [0.15, 0.2) is 0 Å². The Morgan fingerprint density at radius 2 is 1.74 bits per heavy atom. The smallest absolute Gasteiger partial charge is 0.223 e. The van der Waals surface area contributed by atoms with Crippen LogP contribution in [0.25, 0.3) is 26.0 Å². The van der Waals surface area contributed by atoms with Gasteiger partial charge in [-0.2, -0.15) is 0 Å². The van der Waals surface area contributed by atoms with Crippen molar-refractivity contribution in [2.45, 2.75) is 4.34 Å². The van der Waals surface area contributed by atoms with E-state index in [2.05, 4.69) is 22.2 Å². The zero-order valence-electron chi connectivity index (χ0n) is 11.6. The predicted octanol–water partition coefficient (Wildman–Crippen LogP) is 2.83. The van der Waals surface area contributed by atoms with Gasteiger partial charge in [-0.25, -0.2) is 23.1 Å². The van der Waals surface area contributed by atoms with Gasteiger partial charge in [-0.15, -0.1) is 16.4 Å². The van der Waals surface area contributed by atoms with Crippen molar-refractivity contribution in [1.29, 1.82) is 0 Å². The Kier molecular flexibility index (Phi) is 3.31. The molecule has 0 spiro atoms. The Labute approximate surface area is 139 Å². The molecule has 0 amide bonds. The maximum Gasteiger partial charge on any atom is 0.267 e. The van der Waals surface area contributed by atoms with E-state index in [9.17, 15) is 8.42 Å². The highest BCUT2D eigenvalue weighted by Crippen LogP contribution is 2.34. The molecule has 0 unspecified atom stereocenters. The third-order valence-corrected chi connectivity index (χ3v) is 6.57. The normalized spacial score (nSPS) is 12.0. The molecule has 1 aromatic carbocycles. The van der Waals surface area contributed by atoms with Crippen LogP contribution in [-0.2, 0) is 10.0 Å². The number of thiophene rings is 1. The van der Waals surface area contributed by atoms with Crippen molar-refractivity contribution < 1.29 is 8.42 Å². The molecular weight excluding hydrogens is 352 g/mol. The van der Waals surface area contributed by atoms with Crippen LogP contribution in [0.4, 0.5) is 0 Å². The number of primary sulfonamides is 1. The summed E-state index contributed by atoms with van der Waals surface area (Å²) in [4.78, 5) is 7.08. The number of hydrogen-bond donors (Lipinski definition) is 1. The molecule has 0 aliphatic rings. The summed E-state index contributed by atoms with van der Waals surface area (Å²) in [6, 6.07) is 14.1. The molecule has 2 N–H and O–H groups in total. The van der Waals surface area contributed by atoms with Crippen molar-refractivity contribution in [3.63, 3.8) is 0 Å². The lowest BCUT2D eigenvalue weighted by Crippen LogP contribution is -2.11. The van der Waals surface area contributed by atoms with Crippen molar-refractivity contribution >= 4 is 37.7 Å². The van der Waals surface area contributed by atoms with E-state index in [4.69, 9.17) is 5.14 Å². The number of fused-ring (bicyclic) bond motifs is 1. The Bertz CT molecular complexity index is 1060. The molecule has 0 aliphatic heterocycles. The van der Waals surface area contributed by atoms with Gasteiger partial charge in [0.25, 0.3) is 10.0 Å². The van der Waals surface area contributed by atoms with Gasteiger partial charge in [0.05, 0.1) is 11.1 Å². The maximum absolute atomic E-state index is 11.3. The lowest BCUT2D eigenvalue weighted by molar-refractivity contribution is 0.595. The molecule has 23 heavy (non-hydrogen) atoms. The quantitative estimate of drug-likeness (QED) is 0.607. The van der Waals surface area contributed by atoms with Crippen LogP contribution in [-0.4, -0.2) is 23.0 Å². The Morgan fingerprint density at radius 1 is 1.00 bits per heavy atom. The minimum atomic E-state index is -3.79. The highest BCUT2D eigenvalue weighted by atomic mass is 32.2. The van der Waals surface area contributed by atoms with Crippen LogP contribution in [0.3, 0.4) is 0 Å². The second-order valence-electron chi connectivity index (χ2n) is 4.80. The molecule has 0 saturated heterocycles. The molecule has 3 aromatic heterocycles. The van der Waals surface area contributed by atoms with E-state index in [1.807, 2.05) is 30.3 Å². The summed E-state index contributed by atoms with van der Waals surface area (Å²) in [6.07, 6.45) is 1.71. The molecule has 0 saturated carbocycles. The van der Waals surface area contributed by atoms with Gasteiger partial charge in [-0.3, -0.25) is 0 Å². The van der Waals surface area contributed by atoms with Gasteiger partial charge in [0.1, 0.15) is 5.69 Å². The third-order valence-electron chi connectivity index (χ3n) is 3.18. The summed E-state index contributed by atoms with van der Waals surface area (Å²) in [5, 5.41) is 9.04. The van der Waals surface area contributed by atoms with Gasteiger partial charge in [0.2, 0.25) is 9.30 Å². The number of aromatic nitrogens is 3. The largest absolute Gasteiger partial charge is 0.267 e. The van der Waals surface area contributed by atoms with Gasteiger partial charge in [0, 0.05) is 4.88 Å². The first-order valence-electron chi connectivity index (χ1n) is 6.55. The van der Waals surface area contributed by atoms with Crippen LogP contribution in [0.5, 0.6) is 0 Å². The lowest BCUT2D eigenvalue weighted by atomic mass is 10.2. The van der Waals surface area contributed by atoms with E-state index in [0.29, 0.717) is 4.96 Å². The summed E-state index contributed by atoms with van der Waals surface area (Å²) in [5.74, 6) is 0. The van der Waals surface area contributed by atoms with Crippen molar-refractivity contribution in [2.24, 2.45) is 5.14 Å². The van der Waals surface area contributed by atoms with Crippen LogP contribution in [0, 0.1) is 0 Å². The van der Waals surface area contributed by atoms with Gasteiger partial charge < -0.3 is 0 Å². The number of hydrogen-bond acceptors (Lipinski definition) is 6. The number of benzene rings is 1. The average Bonchev–Trinajstić information content (AvgIpc) is 3.21. The second kappa shape index (κ2) is 5.24. The summed E-state index contributed by atoms with van der Waals surface area (Å²) in [6.45, 7) is 0. The minimum Gasteiger partial charge on any atom is -0.223 e. The first kappa shape index (κ1) is 14.5. The van der Waals surface area contributed by atoms with E-state index < -0.39 is 10.0 Å². The van der Waals surface area contributed by atoms with Gasteiger partial charge in [-0.1, -0.05) is 41.7 Å². The number of rotatable bonds is 3. The molecule has 4 rings (SSSR count). The number of nitrogens with zero attached hydrogens (tertiary/aromatic N) is 3. The van der Waals surface area contributed by atoms with E-state index >= 15 is 0 Å². The van der Waals surface area contributed by atoms with Crippen molar-refractivity contribution in [3.05, 3.63) is 48.7 Å². The van der Waals surface area contributed by atoms with Crippen LogP contribution in [0.2, 0.25) is 0 Å². The zero-order valence-corrected chi connectivity index (χ0v) is 14.0. The first-order chi connectivity index (χ1) is 11.0. The number of sulfonamides is 1. The van der Waals surface area contributed by atoms with E-state index in [-0.39, 0.29) is 4.34 Å². The maximum atomic E-state index is 11.3. The fourth-order valence-electron chi connectivity index (χ4n) is 2.15. The predicted molar refractivity (Wildman–Crippen MR) is 91.0 cm³/mol. The van der Waals surface area contributed by atoms with E-state index in [0.717, 1.165) is 32.3 Å². The molecule has 0 bridgehead atoms. The topological polar surface area (TPSA) is 90.4 Å². The molecule has 6 nitrogen and oxygen atoms in total. The molecule has 0 aliphatic carbocycles. The lowest BCUT2D eigenvalue weighted by Gasteiger charge is -1.94. The Hall–Kier alpha value is -2.07. The summed E-state index contributed by atoms with van der Waals surface area (Å²) < 4.78 is 23.9. The fourth-order valence-corrected chi connectivity index (χ4v) is 4.62. The zero-order chi connectivity index (χ0) is 16.0. The second-order valence-corrected chi connectivity index (χ2v) is 8.57. The molecule has 116 valence electrons. The highest BCUT2D eigenvalue weighted by Gasteiger charge is 2.17. The summed E-state index contributed by atoms with van der Waals surface area (Å²) in [5.41, 5.74) is 1.91. The minimum absolute atomic E-state index is 0.136. The van der Waals surface area contributed by atoms with Gasteiger partial charge >= 0.3 is 0 Å². The van der Waals surface area contributed by atoms with E-state index in [1.165, 1.54) is 4.52 Å². The Balaban J connectivity index is 1.73. The molecular formula is C14H10N4O2S3. The highest BCUT2D eigenvalue weighted by molar-refractivity contribution is 7.91. The van der Waals surface area contributed by atoms with Crippen LogP contribution >= 0.6 is 22.7 Å². The number of imidazole rings is 1. The SMILES string of the molecule is NS(=O)(=O)c1nn2cc(-c3ccc(-c4ccccc4)s3)nc2s1. The monoisotopic (exact) mass is 362 g/mol. The molecule has 9 heteroatoms. The molecule has 0 radical (unpaired) electrons. The molecule has 0 atom stereocenters. The van der Waals surface area contributed by atoms with Crippen molar-refractivity contribution in [2.75, 3.05) is 0 Å². The molecule has 4 aromatic rings. The first-order valence-corrected chi connectivity index (χ1v) is 9.73. The number of nitrogens with two attached hydrogens (primary N) is 1. The summed E-state index contributed by atoms with van der Waals surface area (Å²) >= 11 is 2.58. The van der Waals surface area contributed by atoms with E-state index in [1.54, 1.807) is 17.5 Å². The third kappa shape index (κ3) is 2.68. The average molecular weight is 362 g/mol. The molecule has 0 fully saturated rings. The van der Waals surface area contributed by atoms with Gasteiger partial charge in [-0.05, 0) is 17.7 Å².